The number of ether oxygens (including phenoxy) is 10. The molecule has 482 valence electrons. The highest BCUT2D eigenvalue weighted by atomic mass is 31.2. The molecule has 6 unspecified atom stereocenters. The molecule has 2 aliphatic rings. The van der Waals surface area contributed by atoms with Crippen LogP contribution in [0.3, 0.4) is 0 Å². The second-order valence-corrected chi connectivity index (χ2v) is 22.7. The van der Waals surface area contributed by atoms with E-state index in [0.29, 0.717) is 0 Å². The van der Waals surface area contributed by atoms with Gasteiger partial charge in [0.2, 0.25) is 12.6 Å². The van der Waals surface area contributed by atoms with Crippen molar-refractivity contribution in [2.75, 3.05) is 13.2 Å². The Balaban J connectivity index is 1.08. The predicted octanol–water partition coefficient (Wildman–Crippen LogP) is 11.9. The van der Waals surface area contributed by atoms with E-state index >= 15 is 4.57 Å². The average Bonchev–Trinajstić information content (AvgIpc) is 0.782. The summed E-state index contributed by atoms with van der Waals surface area (Å²) in [6.07, 6.45) is -20.1. The van der Waals surface area contributed by atoms with Crippen molar-refractivity contribution in [1.82, 2.24) is 0 Å². The van der Waals surface area contributed by atoms with Gasteiger partial charge in [-0.15, -0.1) is 0 Å². The molecule has 22 heteroatoms. The number of esters is 7. The Morgan fingerprint density at radius 2 is 0.516 bits per heavy atom. The Morgan fingerprint density at radius 3 is 0.800 bits per heavy atom. The number of carbonyl (C=O) groups excluding carboxylic acids is 7. The molecule has 0 aliphatic carbocycles. The van der Waals surface area contributed by atoms with Gasteiger partial charge in [0.05, 0.1) is 45.6 Å². The van der Waals surface area contributed by atoms with Gasteiger partial charge in [0.1, 0.15) is 30.3 Å². The smallest absolute Gasteiger partial charge is 0.459 e. The lowest BCUT2D eigenvalue weighted by molar-refractivity contribution is -0.372. The summed E-state index contributed by atoms with van der Waals surface area (Å²) >= 11 is 0. The maximum atomic E-state index is 15.3. The van der Waals surface area contributed by atoms with Gasteiger partial charge < -0.3 is 56.4 Å². The van der Waals surface area contributed by atoms with E-state index < -0.39 is 124 Å². The van der Waals surface area contributed by atoms with Gasteiger partial charge in [-0.1, -0.05) is 164 Å². The number of phosphoric ester groups is 1. The molecule has 2 heterocycles. The minimum Gasteiger partial charge on any atom is -0.459 e. The summed E-state index contributed by atoms with van der Waals surface area (Å²) < 4.78 is 98.0. The first kappa shape index (κ1) is 65.4. The van der Waals surface area contributed by atoms with Crippen LogP contribution in [0.4, 0.5) is 0 Å². The SMILES string of the molecule is O=C(OCC1O[C@H](O[C@H]2OC(COP(=O)(Oc3ccccc3)Oc3ccccc3)[C@@H](OC(=O)c3ccccc3)C(OC(=O)c3ccccc3)C2OC(=O)c2ccccc2)C(OC(=O)c2ccccc2)C(OC(=O)c2ccccc2)[C@@H]1OC(=O)c1ccccc1)c1ccccc1. The molecule has 0 radical (unpaired) electrons. The summed E-state index contributed by atoms with van der Waals surface area (Å²) in [6, 6.07) is 69.3. The van der Waals surface area contributed by atoms with E-state index in [9.17, 15) is 33.6 Å². The third-order valence-corrected chi connectivity index (χ3v) is 16.0. The zero-order chi connectivity index (χ0) is 65.9. The zero-order valence-electron chi connectivity index (χ0n) is 50.2. The van der Waals surface area contributed by atoms with E-state index in [1.165, 1.54) is 109 Å². The number of phosphoric acid groups is 1. The maximum absolute atomic E-state index is 15.3. The fourth-order valence-corrected chi connectivity index (χ4v) is 11.3. The Bertz CT molecular complexity index is 4020. The molecule has 9 aromatic carbocycles. The first-order chi connectivity index (χ1) is 46.3. The average molecular weight is 1300 g/mol. The maximum Gasteiger partial charge on any atom is 0.587 e. The Morgan fingerprint density at radius 1 is 0.284 bits per heavy atom. The van der Waals surface area contributed by atoms with E-state index in [2.05, 4.69) is 0 Å². The first-order valence-electron chi connectivity index (χ1n) is 29.8. The molecular weight excluding hydrogens is 1240 g/mol. The van der Waals surface area contributed by atoms with Gasteiger partial charge in [0.15, 0.2) is 36.6 Å². The minimum absolute atomic E-state index is 0.00954. The van der Waals surface area contributed by atoms with Crippen molar-refractivity contribution >= 4 is 49.6 Å². The Kier molecular flexibility index (Phi) is 21.7. The lowest BCUT2D eigenvalue weighted by Crippen LogP contribution is -2.67. The van der Waals surface area contributed by atoms with Crippen molar-refractivity contribution < 1.29 is 99.1 Å². The molecule has 0 bridgehead atoms. The van der Waals surface area contributed by atoms with Crippen molar-refractivity contribution in [3.05, 3.63) is 312 Å². The topological polar surface area (TPSA) is 257 Å². The molecule has 0 spiro atoms. The summed E-state index contributed by atoms with van der Waals surface area (Å²) in [6.45, 7) is -1.77. The molecule has 0 saturated carbocycles. The summed E-state index contributed by atoms with van der Waals surface area (Å²) in [5, 5.41) is 0. The van der Waals surface area contributed by atoms with Crippen molar-refractivity contribution in [1.29, 1.82) is 0 Å². The van der Waals surface area contributed by atoms with Crippen molar-refractivity contribution in [2.45, 2.75) is 61.4 Å². The molecule has 95 heavy (non-hydrogen) atoms. The van der Waals surface area contributed by atoms with Gasteiger partial charge in [-0.25, -0.2) is 38.1 Å². The largest absolute Gasteiger partial charge is 0.587 e. The van der Waals surface area contributed by atoms with Crippen molar-refractivity contribution in [3.8, 4) is 11.5 Å². The van der Waals surface area contributed by atoms with Gasteiger partial charge in [-0.05, 0) is 109 Å². The van der Waals surface area contributed by atoms with Gasteiger partial charge in [0, 0.05) is 0 Å². The van der Waals surface area contributed by atoms with Crippen LogP contribution in [0.1, 0.15) is 72.5 Å². The Labute approximate surface area is 544 Å². The first-order valence-corrected chi connectivity index (χ1v) is 31.3. The lowest BCUT2D eigenvalue weighted by atomic mass is 9.96. The van der Waals surface area contributed by atoms with Gasteiger partial charge >= 0.3 is 49.6 Å². The highest BCUT2D eigenvalue weighted by Crippen LogP contribution is 2.50. The molecule has 2 saturated heterocycles. The molecule has 0 amide bonds. The van der Waals surface area contributed by atoms with Crippen molar-refractivity contribution in [3.63, 3.8) is 0 Å². The van der Waals surface area contributed by atoms with Crippen LogP contribution in [0.2, 0.25) is 0 Å². The number of hydrogen-bond acceptors (Lipinski definition) is 21. The number of benzene rings is 9. The van der Waals surface area contributed by atoms with Crippen molar-refractivity contribution in [2.24, 2.45) is 0 Å². The van der Waals surface area contributed by atoms with Crippen LogP contribution < -0.4 is 9.05 Å². The summed E-state index contributed by atoms with van der Waals surface area (Å²) in [4.78, 5) is 102. The normalized spacial score (nSPS) is 20.6. The monoisotopic (exact) mass is 1300 g/mol. The lowest BCUT2D eigenvalue weighted by Gasteiger charge is -2.48. The number of hydrogen-bond donors (Lipinski definition) is 0. The second kappa shape index (κ2) is 31.5. The molecule has 0 aromatic heterocycles. The summed E-state index contributed by atoms with van der Waals surface area (Å²) in [5.41, 5.74) is -0.0896. The fourth-order valence-electron chi connectivity index (χ4n) is 10.0. The molecular formula is C73H59O21P. The molecule has 10 atom stereocenters. The molecule has 2 aliphatic heterocycles. The fraction of sp³-hybridized carbons (Fsp3) is 0.164. The number of para-hydroxylation sites is 2. The summed E-state index contributed by atoms with van der Waals surface area (Å²) in [5.74, 6) is -7.14. The second-order valence-electron chi connectivity index (χ2n) is 21.2. The Hall–Kier alpha value is -11.1. The van der Waals surface area contributed by atoms with Crippen LogP contribution in [0.25, 0.3) is 0 Å². The molecule has 0 N–H and O–H groups in total. The quantitative estimate of drug-likeness (QED) is 0.0309. The van der Waals surface area contributed by atoms with Gasteiger partial charge in [-0.3, -0.25) is 4.52 Å². The standard InChI is InChI=1S/C73H59O21P/c74-65(48-28-10-1-11-29-48)82-46-57-59(86-66(75)49-30-12-2-13-31-49)61(88-68(77)51-34-16-4-17-35-51)63(90-70(79)53-38-20-6-21-39-53)72(84-57)92-73-64(91-71(80)54-40-22-7-23-41-54)62(89-69(78)52-36-18-5-19-37-52)60(87-67(76)50-32-14-3-15-33-50)58(85-73)47-83-95(81,93-55-42-24-8-25-43-55)94-56-44-26-9-27-45-56/h1-45,57-64,72-73H,46-47H2/t57?,58?,59-,60-,61?,62?,63?,64?,72-,73-/m1/s1. The zero-order valence-corrected chi connectivity index (χ0v) is 51.1. The molecule has 2 fully saturated rings. The van der Waals surface area contributed by atoms with Crippen LogP contribution >= 0.6 is 7.82 Å². The third kappa shape index (κ3) is 17.2. The van der Waals surface area contributed by atoms with E-state index in [1.54, 1.807) is 164 Å². The minimum atomic E-state index is -4.93. The molecule has 21 nitrogen and oxygen atoms in total. The van der Waals surface area contributed by atoms with Crippen LogP contribution in [0.5, 0.6) is 11.5 Å². The van der Waals surface area contributed by atoms with Crippen LogP contribution in [-0.2, 0) is 56.5 Å². The van der Waals surface area contributed by atoms with Gasteiger partial charge in [0.25, 0.3) is 0 Å². The number of rotatable bonds is 24. The third-order valence-electron chi connectivity index (χ3n) is 14.7. The van der Waals surface area contributed by atoms with Crippen LogP contribution in [-0.4, -0.2) is 116 Å². The van der Waals surface area contributed by atoms with E-state index in [4.69, 9.17) is 60.9 Å². The molecule has 9 aromatic rings. The van der Waals surface area contributed by atoms with Gasteiger partial charge in [-0.2, -0.15) is 0 Å². The van der Waals surface area contributed by atoms with E-state index in [1.807, 2.05) is 0 Å². The number of carbonyl (C=O) groups is 7. The van der Waals surface area contributed by atoms with Crippen LogP contribution in [0.15, 0.2) is 273 Å². The highest BCUT2D eigenvalue weighted by molar-refractivity contribution is 7.49. The summed E-state index contributed by atoms with van der Waals surface area (Å²) in [7, 11) is -4.93. The predicted molar refractivity (Wildman–Crippen MR) is 337 cm³/mol. The highest BCUT2D eigenvalue weighted by Gasteiger charge is 2.59. The van der Waals surface area contributed by atoms with E-state index in [0.717, 1.165) is 0 Å². The van der Waals surface area contributed by atoms with Crippen LogP contribution in [0, 0.1) is 0 Å². The molecule has 11 rings (SSSR count). The van der Waals surface area contributed by atoms with E-state index in [-0.39, 0.29) is 50.4 Å².